The first-order valence-electron chi connectivity index (χ1n) is 6.50. The van der Waals surface area contributed by atoms with Crippen LogP contribution in [0.4, 0.5) is 11.4 Å². The number of benzene rings is 2. The minimum atomic E-state index is -0.550. The number of methoxy groups -OCH3 is 1. The maximum absolute atomic E-state index is 11.8. The summed E-state index contributed by atoms with van der Waals surface area (Å²) < 4.78 is 11.3. The molecule has 1 N–H and O–H groups in total. The van der Waals surface area contributed by atoms with E-state index in [1.165, 1.54) is 25.3 Å². The molecule has 2 rings (SSSR count). The van der Waals surface area contributed by atoms with Gasteiger partial charge in [0, 0.05) is 21.4 Å². The van der Waals surface area contributed by atoms with Crippen LogP contribution in [0.3, 0.4) is 0 Å². The summed E-state index contributed by atoms with van der Waals surface area (Å²) in [5.74, 6) is 0.0549. The van der Waals surface area contributed by atoms with Crippen LogP contribution in [0.2, 0.25) is 0 Å². The highest BCUT2D eigenvalue weighted by Gasteiger charge is 2.15. The summed E-state index contributed by atoms with van der Waals surface area (Å²) in [5.41, 5.74) is 0.503. The molecule has 0 unspecified atom stereocenters. The number of rotatable bonds is 6. The van der Waals surface area contributed by atoms with Gasteiger partial charge >= 0.3 is 5.69 Å². The van der Waals surface area contributed by atoms with Crippen LogP contribution in [0.5, 0.6) is 11.5 Å². The first-order chi connectivity index (χ1) is 11.0. The molecule has 23 heavy (non-hydrogen) atoms. The Morgan fingerprint density at radius 1 is 1.26 bits per heavy atom. The molecule has 0 aliphatic rings. The molecule has 0 fully saturated rings. The van der Waals surface area contributed by atoms with Crippen molar-refractivity contribution in [2.75, 3.05) is 19.0 Å². The number of amides is 1. The van der Waals surface area contributed by atoms with Crippen molar-refractivity contribution >= 4 is 39.9 Å². The van der Waals surface area contributed by atoms with Crippen molar-refractivity contribution < 1.29 is 19.2 Å². The highest BCUT2D eigenvalue weighted by molar-refractivity contribution is 14.1. The first kappa shape index (κ1) is 17.0. The molecule has 2 aromatic rings. The maximum Gasteiger partial charge on any atom is 0.311 e. The van der Waals surface area contributed by atoms with Gasteiger partial charge in [0.1, 0.15) is 5.75 Å². The van der Waals surface area contributed by atoms with Crippen LogP contribution in [0.1, 0.15) is 0 Å². The summed E-state index contributed by atoms with van der Waals surface area (Å²) in [7, 11) is 1.33. The van der Waals surface area contributed by atoms with Crippen LogP contribution in [-0.2, 0) is 4.79 Å². The van der Waals surface area contributed by atoms with Gasteiger partial charge in [0.2, 0.25) is 5.75 Å². The summed E-state index contributed by atoms with van der Waals surface area (Å²) in [4.78, 5) is 22.1. The van der Waals surface area contributed by atoms with Gasteiger partial charge in [-0.15, -0.1) is 0 Å². The van der Waals surface area contributed by atoms with Crippen molar-refractivity contribution in [2.45, 2.75) is 0 Å². The SMILES string of the molecule is COc1cc(OCC(=O)Nc2ccc(I)cc2)ccc1[N+](=O)[O-]. The molecule has 0 atom stereocenters. The van der Waals surface area contributed by atoms with Gasteiger partial charge in [0.05, 0.1) is 12.0 Å². The Hall–Kier alpha value is -2.36. The van der Waals surface area contributed by atoms with E-state index in [0.29, 0.717) is 11.4 Å². The number of hydrogen-bond acceptors (Lipinski definition) is 5. The van der Waals surface area contributed by atoms with Crippen molar-refractivity contribution in [3.8, 4) is 11.5 Å². The maximum atomic E-state index is 11.8. The zero-order valence-electron chi connectivity index (χ0n) is 12.1. The number of nitrogens with zero attached hydrogens (tertiary/aromatic N) is 1. The predicted molar refractivity (Wildman–Crippen MR) is 92.9 cm³/mol. The normalized spacial score (nSPS) is 10.0. The number of carbonyl (C=O) groups excluding carboxylic acids is 1. The standard InChI is InChI=1S/C15H13IN2O5/c1-22-14-8-12(6-7-13(14)18(20)21)23-9-15(19)17-11-4-2-10(16)3-5-11/h2-8H,9H2,1H3,(H,17,19). The fourth-order valence-electron chi connectivity index (χ4n) is 1.78. The van der Waals surface area contributed by atoms with Crippen molar-refractivity contribution in [1.29, 1.82) is 0 Å². The van der Waals surface area contributed by atoms with Crippen LogP contribution >= 0.6 is 22.6 Å². The van der Waals surface area contributed by atoms with Crippen LogP contribution in [0, 0.1) is 13.7 Å². The average molecular weight is 428 g/mol. The van der Waals surface area contributed by atoms with E-state index in [1.54, 1.807) is 12.1 Å². The Morgan fingerprint density at radius 2 is 1.96 bits per heavy atom. The molecule has 0 aliphatic heterocycles. The van der Waals surface area contributed by atoms with Crippen LogP contribution < -0.4 is 14.8 Å². The first-order valence-corrected chi connectivity index (χ1v) is 7.58. The van der Waals surface area contributed by atoms with E-state index in [1.807, 2.05) is 12.1 Å². The van der Waals surface area contributed by atoms with Gasteiger partial charge in [-0.3, -0.25) is 14.9 Å². The Morgan fingerprint density at radius 3 is 2.57 bits per heavy atom. The van der Waals surface area contributed by atoms with Gasteiger partial charge < -0.3 is 14.8 Å². The van der Waals surface area contributed by atoms with E-state index < -0.39 is 4.92 Å². The molecular weight excluding hydrogens is 415 g/mol. The molecule has 0 aliphatic carbocycles. The zero-order valence-corrected chi connectivity index (χ0v) is 14.3. The predicted octanol–water partition coefficient (Wildman–Crippen LogP) is 3.23. The Kier molecular flexibility index (Phi) is 5.74. The number of anilines is 1. The number of nitrogens with one attached hydrogen (secondary N) is 1. The van der Waals surface area contributed by atoms with Crippen molar-refractivity contribution in [3.63, 3.8) is 0 Å². The summed E-state index contributed by atoms with van der Waals surface area (Å²) in [5, 5.41) is 13.5. The van der Waals surface area contributed by atoms with Crippen molar-refractivity contribution in [2.24, 2.45) is 0 Å². The number of carbonyl (C=O) groups is 1. The lowest BCUT2D eigenvalue weighted by Crippen LogP contribution is -2.20. The van der Waals surface area contributed by atoms with E-state index in [0.717, 1.165) is 3.57 Å². The number of hydrogen-bond donors (Lipinski definition) is 1. The molecule has 0 saturated heterocycles. The summed E-state index contributed by atoms with van der Waals surface area (Å²) in [6, 6.07) is 11.4. The molecule has 7 nitrogen and oxygen atoms in total. The summed E-state index contributed by atoms with van der Waals surface area (Å²) >= 11 is 2.17. The molecule has 8 heteroatoms. The minimum Gasteiger partial charge on any atom is -0.490 e. The largest absolute Gasteiger partial charge is 0.490 e. The monoisotopic (exact) mass is 428 g/mol. The van der Waals surface area contributed by atoms with Gasteiger partial charge in [0.15, 0.2) is 6.61 Å². The van der Waals surface area contributed by atoms with Gasteiger partial charge in [-0.25, -0.2) is 0 Å². The van der Waals surface area contributed by atoms with Crippen LogP contribution in [-0.4, -0.2) is 24.5 Å². The molecular formula is C15H13IN2O5. The quantitative estimate of drug-likeness (QED) is 0.434. The van der Waals surface area contributed by atoms with Gasteiger partial charge in [-0.1, -0.05) is 0 Å². The summed E-state index contributed by atoms with van der Waals surface area (Å²) in [6.45, 7) is -0.215. The topological polar surface area (TPSA) is 90.7 Å². The van der Waals surface area contributed by atoms with Crippen molar-refractivity contribution in [1.82, 2.24) is 0 Å². The fourth-order valence-corrected chi connectivity index (χ4v) is 2.14. The molecule has 0 bridgehead atoms. The third-order valence-electron chi connectivity index (χ3n) is 2.85. The number of halogens is 1. The average Bonchev–Trinajstić information content (AvgIpc) is 2.54. The van der Waals surface area contributed by atoms with E-state index >= 15 is 0 Å². The molecule has 0 spiro atoms. The van der Waals surface area contributed by atoms with E-state index in [9.17, 15) is 14.9 Å². The third kappa shape index (κ3) is 4.81. The molecule has 0 radical (unpaired) electrons. The van der Waals surface area contributed by atoms with Crippen LogP contribution in [0.25, 0.3) is 0 Å². The van der Waals surface area contributed by atoms with Crippen LogP contribution in [0.15, 0.2) is 42.5 Å². The lowest BCUT2D eigenvalue weighted by atomic mass is 10.3. The molecule has 1 amide bonds. The number of nitro benzene ring substituents is 1. The van der Waals surface area contributed by atoms with Gasteiger partial charge in [-0.2, -0.15) is 0 Å². The molecule has 120 valence electrons. The number of ether oxygens (including phenoxy) is 2. The fraction of sp³-hybridized carbons (Fsp3) is 0.133. The Labute approximate surface area is 145 Å². The van der Waals surface area contributed by atoms with Gasteiger partial charge in [-0.05, 0) is 52.9 Å². The van der Waals surface area contributed by atoms with E-state index in [2.05, 4.69) is 27.9 Å². The second kappa shape index (κ2) is 7.77. The molecule has 0 heterocycles. The smallest absolute Gasteiger partial charge is 0.311 e. The van der Waals surface area contributed by atoms with E-state index in [4.69, 9.17) is 9.47 Å². The van der Waals surface area contributed by atoms with Gasteiger partial charge in [0.25, 0.3) is 5.91 Å². The highest BCUT2D eigenvalue weighted by atomic mass is 127. The molecule has 2 aromatic carbocycles. The highest BCUT2D eigenvalue weighted by Crippen LogP contribution is 2.30. The van der Waals surface area contributed by atoms with E-state index in [-0.39, 0.29) is 24.0 Å². The lowest BCUT2D eigenvalue weighted by molar-refractivity contribution is -0.385. The second-order valence-electron chi connectivity index (χ2n) is 4.43. The Balaban J connectivity index is 1.96. The lowest BCUT2D eigenvalue weighted by Gasteiger charge is -2.09. The summed E-state index contributed by atoms with van der Waals surface area (Å²) in [6.07, 6.45) is 0. The number of nitro groups is 1. The molecule has 0 saturated carbocycles. The van der Waals surface area contributed by atoms with Crippen molar-refractivity contribution in [3.05, 3.63) is 56.1 Å². The Bertz CT molecular complexity index is 718. The second-order valence-corrected chi connectivity index (χ2v) is 5.68. The molecule has 0 aromatic heterocycles. The zero-order chi connectivity index (χ0) is 16.8. The minimum absolute atomic E-state index is 0.0746. The third-order valence-corrected chi connectivity index (χ3v) is 3.56.